The van der Waals surface area contributed by atoms with E-state index in [9.17, 15) is 9.59 Å². The Hall–Kier alpha value is -3.35. The van der Waals surface area contributed by atoms with Crippen molar-refractivity contribution in [2.24, 2.45) is 0 Å². The van der Waals surface area contributed by atoms with Crippen molar-refractivity contribution in [3.63, 3.8) is 0 Å². The molecule has 0 radical (unpaired) electrons. The minimum absolute atomic E-state index is 0.111. The number of nitrogens with one attached hydrogen (secondary N) is 2. The van der Waals surface area contributed by atoms with Crippen LogP contribution in [-0.4, -0.2) is 51.6 Å². The maximum atomic E-state index is 13.3. The van der Waals surface area contributed by atoms with Gasteiger partial charge in [-0.05, 0) is 31.0 Å². The molecule has 3 aromatic rings. The largest absolute Gasteiger partial charge is 0.488 e. The number of hydrogen-bond acceptors (Lipinski definition) is 4. The molecule has 7 nitrogen and oxygen atoms in total. The summed E-state index contributed by atoms with van der Waals surface area (Å²) in [5.41, 5.74) is 1.14. The molecule has 2 aliphatic rings. The SMILES string of the molecule is O=C(NC1CC1)[C@@H]1C[C@H](Oc2ccccc2)CN1C(=O)c1n[nH]c2ccccc12. The van der Waals surface area contributed by atoms with Crippen molar-refractivity contribution in [1.29, 1.82) is 0 Å². The molecule has 1 aliphatic carbocycles. The van der Waals surface area contributed by atoms with Crippen molar-refractivity contribution < 1.29 is 14.3 Å². The van der Waals surface area contributed by atoms with Gasteiger partial charge >= 0.3 is 0 Å². The Bertz CT molecular complexity index is 1040. The third-order valence-electron chi connectivity index (χ3n) is 5.47. The number of nitrogens with zero attached hydrogens (tertiary/aromatic N) is 2. The van der Waals surface area contributed by atoms with Crippen LogP contribution in [0.4, 0.5) is 0 Å². The Kier molecular flexibility index (Phi) is 4.42. The highest BCUT2D eigenvalue weighted by molar-refractivity contribution is 6.06. The Morgan fingerprint density at radius 2 is 1.83 bits per heavy atom. The molecule has 29 heavy (non-hydrogen) atoms. The lowest BCUT2D eigenvalue weighted by atomic mass is 10.1. The molecule has 2 heterocycles. The first-order valence-electron chi connectivity index (χ1n) is 9.95. The standard InChI is InChI=1S/C22H22N4O3/c27-21(23-14-10-11-14)19-12-16(29-15-6-2-1-3-7-15)13-26(19)22(28)20-17-8-4-5-9-18(17)24-25-20/h1-9,14,16,19H,10-13H2,(H,23,27)(H,24,25)/t16-,19-/m0/s1. The van der Waals surface area contributed by atoms with E-state index in [2.05, 4.69) is 15.5 Å². The van der Waals surface area contributed by atoms with Crippen LogP contribution in [0.3, 0.4) is 0 Å². The monoisotopic (exact) mass is 390 g/mol. The number of amides is 2. The minimum atomic E-state index is -0.563. The topological polar surface area (TPSA) is 87.3 Å². The number of carbonyl (C=O) groups excluding carboxylic acids is 2. The molecule has 2 atom stereocenters. The molecule has 5 rings (SSSR count). The van der Waals surface area contributed by atoms with E-state index < -0.39 is 6.04 Å². The third kappa shape index (κ3) is 3.55. The fourth-order valence-electron chi connectivity index (χ4n) is 3.83. The van der Waals surface area contributed by atoms with Gasteiger partial charge in [0.2, 0.25) is 5.91 Å². The second-order valence-corrected chi connectivity index (χ2v) is 7.66. The Balaban J connectivity index is 1.41. The molecule has 2 fully saturated rings. The quantitative estimate of drug-likeness (QED) is 0.701. The van der Waals surface area contributed by atoms with Gasteiger partial charge in [-0.25, -0.2) is 0 Å². The van der Waals surface area contributed by atoms with Crippen molar-refractivity contribution in [3.8, 4) is 5.75 Å². The molecule has 2 N–H and O–H groups in total. The van der Waals surface area contributed by atoms with E-state index in [0.29, 0.717) is 18.7 Å². The third-order valence-corrected chi connectivity index (χ3v) is 5.47. The number of aromatic amines is 1. The number of aromatic nitrogens is 2. The van der Waals surface area contributed by atoms with Crippen LogP contribution in [0.5, 0.6) is 5.75 Å². The second kappa shape index (κ2) is 7.24. The Labute approximate surface area is 168 Å². The number of para-hydroxylation sites is 2. The zero-order valence-electron chi connectivity index (χ0n) is 15.9. The van der Waals surface area contributed by atoms with E-state index >= 15 is 0 Å². The number of hydrogen-bond donors (Lipinski definition) is 2. The number of H-pyrrole nitrogens is 1. The molecule has 1 aromatic heterocycles. The second-order valence-electron chi connectivity index (χ2n) is 7.66. The molecule has 2 amide bonds. The number of likely N-dealkylation sites (tertiary alicyclic amines) is 1. The molecule has 1 aliphatic heterocycles. The van der Waals surface area contributed by atoms with Crippen LogP contribution in [0.2, 0.25) is 0 Å². The summed E-state index contributed by atoms with van der Waals surface area (Å²) in [6.45, 7) is 0.345. The predicted octanol–water partition coefficient (Wildman–Crippen LogP) is 2.50. The lowest BCUT2D eigenvalue weighted by molar-refractivity contribution is -0.125. The summed E-state index contributed by atoms with van der Waals surface area (Å²) in [7, 11) is 0. The molecule has 0 bridgehead atoms. The first-order chi connectivity index (χ1) is 14.2. The average molecular weight is 390 g/mol. The summed E-state index contributed by atoms with van der Waals surface area (Å²) >= 11 is 0. The number of carbonyl (C=O) groups is 2. The predicted molar refractivity (Wildman–Crippen MR) is 108 cm³/mol. The fraction of sp³-hybridized carbons (Fsp3) is 0.318. The van der Waals surface area contributed by atoms with Gasteiger partial charge in [0.15, 0.2) is 5.69 Å². The normalized spacial score (nSPS) is 21.3. The van der Waals surface area contributed by atoms with Crippen LogP contribution >= 0.6 is 0 Å². The Morgan fingerprint density at radius 3 is 2.62 bits per heavy atom. The van der Waals surface area contributed by atoms with Crippen LogP contribution in [-0.2, 0) is 4.79 Å². The van der Waals surface area contributed by atoms with Crippen LogP contribution in [0.1, 0.15) is 29.8 Å². The first kappa shape index (κ1) is 17.7. The summed E-state index contributed by atoms with van der Waals surface area (Å²) in [6, 6.07) is 16.7. The smallest absolute Gasteiger partial charge is 0.275 e. The molecule has 1 saturated heterocycles. The van der Waals surface area contributed by atoms with E-state index in [0.717, 1.165) is 29.5 Å². The number of fused-ring (bicyclic) bond motifs is 1. The summed E-state index contributed by atoms with van der Waals surface area (Å²) in [5.74, 6) is 0.371. The van der Waals surface area contributed by atoms with Crippen LogP contribution < -0.4 is 10.1 Å². The van der Waals surface area contributed by atoms with Crippen LogP contribution in [0.25, 0.3) is 10.9 Å². The highest BCUT2D eigenvalue weighted by Crippen LogP contribution is 2.28. The summed E-state index contributed by atoms with van der Waals surface area (Å²) < 4.78 is 6.06. The fourth-order valence-corrected chi connectivity index (χ4v) is 3.83. The molecule has 1 saturated carbocycles. The molecule has 148 valence electrons. The van der Waals surface area contributed by atoms with Gasteiger partial charge < -0.3 is 15.0 Å². The summed E-state index contributed by atoms with van der Waals surface area (Å²) in [4.78, 5) is 27.8. The molecular weight excluding hydrogens is 368 g/mol. The lowest BCUT2D eigenvalue weighted by Gasteiger charge is -2.22. The van der Waals surface area contributed by atoms with Crippen molar-refractivity contribution in [2.45, 2.75) is 37.5 Å². The number of ether oxygens (including phenoxy) is 1. The minimum Gasteiger partial charge on any atom is -0.488 e. The molecular formula is C22H22N4O3. The van der Waals surface area contributed by atoms with Gasteiger partial charge in [-0.1, -0.05) is 36.4 Å². The van der Waals surface area contributed by atoms with Gasteiger partial charge in [0.1, 0.15) is 17.9 Å². The molecule has 0 spiro atoms. The van der Waals surface area contributed by atoms with Gasteiger partial charge in [-0.2, -0.15) is 5.10 Å². The van der Waals surface area contributed by atoms with Gasteiger partial charge in [-0.15, -0.1) is 0 Å². The molecule has 0 unspecified atom stereocenters. The lowest BCUT2D eigenvalue weighted by Crippen LogP contribution is -2.46. The molecule has 2 aromatic carbocycles. The van der Waals surface area contributed by atoms with Crippen LogP contribution in [0, 0.1) is 0 Å². The molecule has 7 heteroatoms. The average Bonchev–Trinajstić information content (AvgIpc) is 3.29. The zero-order valence-corrected chi connectivity index (χ0v) is 15.9. The van der Waals surface area contributed by atoms with Crippen molar-refractivity contribution in [3.05, 3.63) is 60.3 Å². The van der Waals surface area contributed by atoms with Gasteiger partial charge in [0, 0.05) is 17.8 Å². The van der Waals surface area contributed by atoms with E-state index in [1.165, 1.54) is 0 Å². The highest BCUT2D eigenvalue weighted by atomic mass is 16.5. The summed E-state index contributed by atoms with van der Waals surface area (Å²) in [6.07, 6.45) is 2.21. The first-order valence-corrected chi connectivity index (χ1v) is 9.95. The Morgan fingerprint density at radius 1 is 1.07 bits per heavy atom. The summed E-state index contributed by atoms with van der Waals surface area (Å²) in [5, 5.41) is 10.9. The van der Waals surface area contributed by atoms with Crippen LogP contribution in [0.15, 0.2) is 54.6 Å². The van der Waals surface area contributed by atoms with Crippen molar-refractivity contribution >= 4 is 22.7 Å². The van der Waals surface area contributed by atoms with Gasteiger partial charge in [0.25, 0.3) is 5.91 Å². The van der Waals surface area contributed by atoms with E-state index in [-0.39, 0.29) is 24.0 Å². The number of rotatable bonds is 5. The van der Waals surface area contributed by atoms with E-state index in [4.69, 9.17) is 4.74 Å². The zero-order chi connectivity index (χ0) is 19.8. The van der Waals surface area contributed by atoms with Crippen molar-refractivity contribution in [2.75, 3.05) is 6.54 Å². The van der Waals surface area contributed by atoms with Gasteiger partial charge in [-0.3, -0.25) is 14.7 Å². The van der Waals surface area contributed by atoms with E-state index in [1.807, 2.05) is 54.6 Å². The van der Waals surface area contributed by atoms with E-state index in [1.54, 1.807) is 4.90 Å². The van der Waals surface area contributed by atoms with Crippen molar-refractivity contribution in [1.82, 2.24) is 20.4 Å². The highest BCUT2D eigenvalue weighted by Gasteiger charge is 2.43. The maximum absolute atomic E-state index is 13.3. The number of benzene rings is 2. The van der Waals surface area contributed by atoms with Gasteiger partial charge in [0.05, 0.1) is 12.1 Å². The maximum Gasteiger partial charge on any atom is 0.275 e.